The molecule has 3 heteroatoms. The van der Waals surface area contributed by atoms with Crippen LogP contribution in [0.5, 0.6) is 0 Å². The van der Waals surface area contributed by atoms with E-state index in [0.29, 0.717) is 6.42 Å². The molecule has 0 bridgehead atoms. The van der Waals surface area contributed by atoms with Gasteiger partial charge >= 0.3 is 11.9 Å². The van der Waals surface area contributed by atoms with Gasteiger partial charge in [-0.1, -0.05) is 58.4 Å². The molecule has 0 amide bonds. The van der Waals surface area contributed by atoms with Gasteiger partial charge in [0.25, 0.3) is 0 Å². The summed E-state index contributed by atoms with van der Waals surface area (Å²) in [7, 11) is 0. The Balaban J connectivity index is 3.03. The van der Waals surface area contributed by atoms with Crippen LogP contribution in [0.2, 0.25) is 0 Å². The molecule has 0 aromatic rings. The third kappa shape index (κ3) is 4.05. The first-order chi connectivity index (χ1) is 9.50. The van der Waals surface area contributed by atoms with Crippen molar-refractivity contribution in [3.8, 4) is 0 Å². The van der Waals surface area contributed by atoms with E-state index in [1.807, 2.05) is 39.8 Å². The van der Waals surface area contributed by atoms with Crippen LogP contribution in [0.3, 0.4) is 0 Å². The summed E-state index contributed by atoms with van der Waals surface area (Å²) in [6, 6.07) is 0. The second-order valence-corrected chi connectivity index (χ2v) is 7.65. The van der Waals surface area contributed by atoms with Crippen molar-refractivity contribution < 1.29 is 14.3 Å². The van der Waals surface area contributed by atoms with Crippen molar-refractivity contribution in [2.75, 3.05) is 0 Å². The van der Waals surface area contributed by atoms with Gasteiger partial charge in [0.2, 0.25) is 0 Å². The first-order valence-corrected chi connectivity index (χ1v) is 7.56. The van der Waals surface area contributed by atoms with Crippen molar-refractivity contribution >= 4 is 11.9 Å². The van der Waals surface area contributed by atoms with E-state index in [9.17, 15) is 9.59 Å². The minimum absolute atomic E-state index is 0.155. The summed E-state index contributed by atoms with van der Waals surface area (Å²) in [5, 5.41) is 0. The molecule has 0 spiro atoms. The predicted molar refractivity (Wildman–Crippen MR) is 84.5 cm³/mol. The quantitative estimate of drug-likeness (QED) is 0.441. The van der Waals surface area contributed by atoms with E-state index in [0.717, 1.165) is 0 Å². The molecule has 118 valence electrons. The highest BCUT2D eigenvalue weighted by atomic mass is 16.6. The summed E-state index contributed by atoms with van der Waals surface area (Å²) in [5.74, 6) is -1.46. The third-order valence-corrected chi connectivity index (χ3v) is 4.43. The molecule has 1 aliphatic rings. The van der Waals surface area contributed by atoms with Gasteiger partial charge in [0.05, 0.1) is 11.8 Å². The van der Waals surface area contributed by atoms with Gasteiger partial charge in [0.1, 0.15) is 0 Å². The van der Waals surface area contributed by atoms with E-state index in [1.165, 1.54) is 5.57 Å². The lowest BCUT2D eigenvalue weighted by molar-refractivity contribution is -0.154. The monoisotopic (exact) mass is 292 g/mol. The Bertz CT molecular complexity index is 475. The smallest absolute Gasteiger partial charge is 0.318 e. The molecule has 1 rings (SSSR count). The fourth-order valence-corrected chi connectivity index (χ4v) is 2.87. The van der Waals surface area contributed by atoms with E-state index in [-0.39, 0.29) is 34.6 Å². The molecule has 0 aromatic carbocycles. The van der Waals surface area contributed by atoms with Gasteiger partial charge in [-0.05, 0) is 31.1 Å². The van der Waals surface area contributed by atoms with Crippen LogP contribution in [-0.4, -0.2) is 11.9 Å². The third-order valence-electron chi connectivity index (χ3n) is 4.43. The van der Waals surface area contributed by atoms with E-state index < -0.39 is 0 Å². The number of rotatable bonds is 4. The molecule has 0 aliphatic carbocycles. The summed E-state index contributed by atoms with van der Waals surface area (Å²) in [4.78, 5) is 24.1. The van der Waals surface area contributed by atoms with Crippen molar-refractivity contribution in [3.05, 3.63) is 23.8 Å². The number of hydrogen-bond acceptors (Lipinski definition) is 3. The van der Waals surface area contributed by atoms with Crippen molar-refractivity contribution in [2.45, 2.75) is 54.9 Å². The number of hydrogen-bond donors (Lipinski definition) is 0. The standard InChI is InChI=1S/C18H28O3/c1-8-9-10-12(2)18(6,7)11-13-14(17(3,4)5)16(20)21-15(13)19/h8-10,13-14H,11H2,1-7H3/b9-8-,12-10+. The molecular weight excluding hydrogens is 264 g/mol. The molecule has 3 nitrogen and oxygen atoms in total. The van der Waals surface area contributed by atoms with Gasteiger partial charge in [-0.3, -0.25) is 9.59 Å². The maximum atomic E-state index is 12.1. The summed E-state index contributed by atoms with van der Waals surface area (Å²) in [5.41, 5.74) is 0.766. The molecule has 1 heterocycles. The molecule has 0 radical (unpaired) electrons. The fourth-order valence-electron chi connectivity index (χ4n) is 2.87. The minimum atomic E-state index is -0.372. The zero-order chi connectivity index (χ0) is 16.4. The molecule has 1 saturated heterocycles. The predicted octanol–water partition coefficient (Wildman–Crippen LogP) is 4.29. The normalized spacial score (nSPS) is 24.8. The molecule has 1 aliphatic heterocycles. The number of allylic oxidation sites excluding steroid dienone is 4. The summed E-state index contributed by atoms with van der Waals surface area (Å²) >= 11 is 0. The Hall–Kier alpha value is -1.38. The zero-order valence-corrected chi connectivity index (χ0v) is 14.3. The molecular formula is C18H28O3. The zero-order valence-electron chi connectivity index (χ0n) is 14.3. The van der Waals surface area contributed by atoms with E-state index >= 15 is 0 Å². The van der Waals surface area contributed by atoms with Gasteiger partial charge in [0, 0.05) is 0 Å². The van der Waals surface area contributed by atoms with Gasteiger partial charge in [0.15, 0.2) is 0 Å². The lowest BCUT2D eigenvalue weighted by atomic mass is 9.67. The Labute approximate surface area is 128 Å². The summed E-state index contributed by atoms with van der Waals surface area (Å²) < 4.78 is 4.91. The molecule has 2 atom stereocenters. The summed E-state index contributed by atoms with van der Waals surface area (Å²) in [6.07, 6.45) is 6.66. The van der Waals surface area contributed by atoms with Gasteiger partial charge < -0.3 is 4.74 Å². The number of esters is 2. The van der Waals surface area contributed by atoms with Crippen molar-refractivity contribution in [3.63, 3.8) is 0 Å². The Morgan fingerprint density at radius 1 is 1.14 bits per heavy atom. The van der Waals surface area contributed by atoms with Crippen molar-refractivity contribution in [2.24, 2.45) is 22.7 Å². The highest BCUT2D eigenvalue weighted by molar-refractivity contribution is 5.96. The van der Waals surface area contributed by atoms with Gasteiger partial charge in [-0.2, -0.15) is 0 Å². The topological polar surface area (TPSA) is 43.4 Å². The van der Waals surface area contributed by atoms with E-state index in [4.69, 9.17) is 4.74 Å². The van der Waals surface area contributed by atoms with Crippen LogP contribution in [-0.2, 0) is 14.3 Å². The molecule has 0 saturated carbocycles. The second-order valence-electron chi connectivity index (χ2n) is 7.65. The number of ether oxygens (including phenoxy) is 1. The maximum Gasteiger partial charge on any atom is 0.318 e. The van der Waals surface area contributed by atoms with Crippen LogP contribution in [0.1, 0.15) is 54.9 Å². The van der Waals surface area contributed by atoms with Crippen molar-refractivity contribution in [1.29, 1.82) is 0 Å². The lowest BCUT2D eigenvalue weighted by Gasteiger charge is -2.33. The van der Waals surface area contributed by atoms with Crippen LogP contribution in [0, 0.1) is 22.7 Å². The fraction of sp³-hybridized carbons (Fsp3) is 0.667. The average Bonchev–Trinajstić information content (AvgIpc) is 2.59. The van der Waals surface area contributed by atoms with E-state index in [1.54, 1.807) is 0 Å². The lowest BCUT2D eigenvalue weighted by Crippen LogP contribution is -2.34. The number of carbonyl (C=O) groups is 2. The van der Waals surface area contributed by atoms with Crippen LogP contribution in [0.25, 0.3) is 0 Å². The SMILES string of the molecule is C/C=C\C=C(/C)C(C)(C)CC1C(=O)OC(=O)C1C(C)(C)C. The van der Waals surface area contributed by atoms with Crippen LogP contribution in [0.4, 0.5) is 0 Å². The maximum absolute atomic E-state index is 12.1. The molecule has 0 aromatic heterocycles. The Morgan fingerprint density at radius 2 is 1.71 bits per heavy atom. The minimum Gasteiger partial charge on any atom is -0.393 e. The highest BCUT2D eigenvalue weighted by Gasteiger charge is 2.51. The van der Waals surface area contributed by atoms with Crippen LogP contribution in [0.15, 0.2) is 23.8 Å². The van der Waals surface area contributed by atoms with Crippen LogP contribution >= 0.6 is 0 Å². The van der Waals surface area contributed by atoms with E-state index in [2.05, 4.69) is 26.8 Å². The second kappa shape index (κ2) is 6.17. The van der Waals surface area contributed by atoms with Gasteiger partial charge in [-0.25, -0.2) is 0 Å². The van der Waals surface area contributed by atoms with Gasteiger partial charge in [-0.15, -0.1) is 0 Å². The largest absolute Gasteiger partial charge is 0.393 e. The average molecular weight is 292 g/mol. The Morgan fingerprint density at radius 3 is 2.19 bits per heavy atom. The highest BCUT2D eigenvalue weighted by Crippen LogP contribution is 2.45. The Kier molecular flexibility index (Phi) is 5.19. The number of carbonyl (C=O) groups excluding carboxylic acids is 2. The molecule has 0 N–H and O–H groups in total. The van der Waals surface area contributed by atoms with Crippen molar-refractivity contribution in [1.82, 2.24) is 0 Å². The van der Waals surface area contributed by atoms with Crippen LogP contribution < -0.4 is 0 Å². The first kappa shape index (κ1) is 17.7. The first-order valence-electron chi connectivity index (χ1n) is 7.56. The molecule has 21 heavy (non-hydrogen) atoms. The molecule has 2 unspecified atom stereocenters. The summed E-state index contributed by atoms with van der Waals surface area (Å²) in [6.45, 7) is 14.2. The number of cyclic esters (lactones) is 2. The molecule has 1 fully saturated rings.